The molecular formula is C18H22Cl3N3O2. The molecule has 1 saturated heterocycles. The molecular weight excluding hydrogens is 397 g/mol. The SMILES string of the molecule is Cl.O=C(NCC1=CCNCC1)C1CCCN1C(=O)c1cc(Cl)cc(Cl)c1. The van der Waals surface area contributed by atoms with Crippen molar-refractivity contribution in [3.63, 3.8) is 0 Å². The fraction of sp³-hybridized carbons (Fsp3) is 0.444. The Morgan fingerprint density at radius 3 is 2.62 bits per heavy atom. The summed E-state index contributed by atoms with van der Waals surface area (Å²) < 4.78 is 0. The number of likely N-dealkylation sites (tertiary alicyclic amines) is 1. The van der Waals surface area contributed by atoms with Gasteiger partial charge in [-0.05, 0) is 44.0 Å². The van der Waals surface area contributed by atoms with E-state index in [2.05, 4.69) is 16.7 Å². The van der Waals surface area contributed by atoms with E-state index in [1.165, 1.54) is 5.57 Å². The van der Waals surface area contributed by atoms with E-state index < -0.39 is 6.04 Å². The van der Waals surface area contributed by atoms with Crippen LogP contribution in [0.2, 0.25) is 10.0 Å². The second kappa shape index (κ2) is 9.60. The van der Waals surface area contributed by atoms with E-state index in [0.717, 1.165) is 25.9 Å². The highest BCUT2D eigenvalue weighted by Gasteiger charge is 2.34. The molecule has 0 aliphatic carbocycles. The molecule has 0 spiro atoms. The van der Waals surface area contributed by atoms with Gasteiger partial charge in [-0.3, -0.25) is 9.59 Å². The first kappa shape index (κ1) is 21.0. The van der Waals surface area contributed by atoms with Crippen LogP contribution in [0.15, 0.2) is 29.8 Å². The summed E-state index contributed by atoms with van der Waals surface area (Å²) in [6, 6.07) is 4.32. The van der Waals surface area contributed by atoms with E-state index >= 15 is 0 Å². The molecule has 26 heavy (non-hydrogen) atoms. The van der Waals surface area contributed by atoms with Crippen LogP contribution in [0.1, 0.15) is 29.6 Å². The Bertz CT molecular complexity index is 689. The van der Waals surface area contributed by atoms with Gasteiger partial charge in [0.1, 0.15) is 6.04 Å². The predicted molar refractivity (Wildman–Crippen MR) is 106 cm³/mol. The number of amides is 2. The Hall–Kier alpha value is -1.27. The molecule has 8 heteroatoms. The molecule has 2 amide bonds. The van der Waals surface area contributed by atoms with E-state index in [0.29, 0.717) is 35.1 Å². The summed E-state index contributed by atoms with van der Waals surface area (Å²) in [7, 11) is 0. The molecule has 2 aliphatic rings. The van der Waals surface area contributed by atoms with E-state index in [9.17, 15) is 9.59 Å². The van der Waals surface area contributed by atoms with Gasteiger partial charge in [-0.25, -0.2) is 0 Å². The topological polar surface area (TPSA) is 61.4 Å². The average molecular weight is 419 g/mol. The van der Waals surface area contributed by atoms with E-state index in [1.54, 1.807) is 23.1 Å². The molecule has 0 aromatic heterocycles. The molecule has 1 aromatic carbocycles. The van der Waals surface area contributed by atoms with Gasteiger partial charge in [-0.1, -0.05) is 34.9 Å². The van der Waals surface area contributed by atoms with Crippen molar-refractivity contribution in [3.05, 3.63) is 45.5 Å². The van der Waals surface area contributed by atoms with Crippen molar-refractivity contribution in [2.75, 3.05) is 26.2 Å². The van der Waals surface area contributed by atoms with Gasteiger partial charge in [-0.15, -0.1) is 12.4 Å². The monoisotopic (exact) mass is 417 g/mol. The van der Waals surface area contributed by atoms with Gasteiger partial charge < -0.3 is 15.5 Å². The summed E-state index contributed by atoms with van der Waals surface area (Å²) in [5.41, 5.74) is 1.64. The summed E-state index contributed by atoms with van der Waals surface area (Å²) >= 11 is 12.0. The molecule has 2 heterocycles. The Morgan fingerprint density at radius 2 is 1.96 bits per heavy atom. The van der Waals surface area contributed by atoms with E-state index in [1.807, 2.05) is 0 Å². The highest BCUT2D eigenvalue weighted by atomic mass is 35.5. The molecule has 2 N–H and O–H groups in total. The Balaban J connectivity index is 0.00000243. The maximum atomic E-state index is 12.8. The molecule has 0 bridgehead atoms. The van der Waals surface area contributed by atoms with Crippen LogP contribution in [0.3, 0.4) is 0 Å². The quantitative estimate of drug-likeness (QED) is 0.739. The number of benzene rings is 1. The van der Waals surface area contributed by atoms with Crippen LogP contribution in [0, 0.1) is 0 Å². The number of halogens is 3. The molecule has 5 nitrogen and oxygen atoms in total. The van der Waals surface area contributed by atoms with Crippen molar-refractivity contribution in [2.45, 2.75) is 25.3 Å². The summed E-state index contributed by atoms with van der Waals surface area (Å²) in [6.07, 6.45) is 4.53. The fourth-order valence-electron chi connectivity index (χ4n) is 3.27. The summed E-state index contributed by atoms with van der Waals surface area (Å²) in [6.45, 7) is 2.88. The number of rotatable bonds is 4. The van der Waals surface area contributed by atoms with Crippen LogP contribution in [0.4, 0.5) is 0 Å². The Labute approximate surface area is 169 Å². The number of carbonyl (C=O) groups excluding carboxylic acids is 2. The zero-order valence-corrected chi connectivity index (χ0v) is 16.6. The number of nitrogens with one attached hydrogen (secondary N) is 2. The van der Waals surface area contributed by atoms with Gasteiger partial charge in [-0.2, -0.15) is 0 Å². The predicted octanol–water partition coefficient (Wildman–Crippen LogP) is 3.06. The molecule has 0 radical (unpaired) electrons. The lowest BCUT2D eigenvalue weighted by Gasteiger charge is -2.25. The second-order valence-corrected chi connectivity index (χ2v) is 7.22. The number of hydrogen-bond donors (Lipinski definition) is 2. The van der Waals surface area contributed by atoms with Crippen LogP contribution in [-0.4, -0.2) is 48.9 Å². The Morgan fingerprint density at radius 1 is 1.23 bits per heavy atom. The smallest absolute Gasteiger partial charge is 0.254 e. The third kappa shape index (κ3) is 5.13. The van der Waals surface area contributed by atoms with Crippen LogP contribution < -0.4 is 10.6 Å². The first-order valence-corrected chi connectivity index (χ1v) is 9.23. The average Bonchev–Trinajstić information content (AvgIpc) is 3.09. The molecule has 3 rings (SSSR count). The second-order valence-electron chi connectivity index (χ2n) is 6.35. The van der Waals surface area contributed by atoms with Crippen molar-refractivity contribution in [3.8, 4) is 0 Å². The fourth-order valence-corrected chi connectivity index (χ4v) is 3.80. The van der Waals surface area contributed by atoms with Gasteiger partial charge >= 0.3 is 0 Å². The van der Waals surface area contributed by atoms with Gasteiger partial charge in [0.15, 0.2) is 0 Å². The zero-order valence-electron chi connectivity index (χ0n) is 14.3. The molecule has 1 fully saturated rings. The summed E-state index contributed by atoms with van der Waals surface area (Å²) in [4.78, 5) is 27.0. The normalized spacial score (nSPS) is 19.5. The minimum absolute atomic E-state index is 0. The standard InChI is InChI=1S/C18H21Cl2N3O2.ClH/c19-14-8-13(9-15(20)10-14)18(25)23-7-1-2-16(23)17(24)22-11-12-3-5-21-6-4-12;/h3,8-10,16,21H,1-2,4-7,11H2,(H,22,24);1H. The Kier molecular flexibility index (Phi) is 7.77. The van der Waals surface area contributed by atoms with Crippen molar-refractivity contribution in [1.29, 1.82) is 0 Å². The van der Waals surface area contributed by atoms with Gasteiger partial charge in [0.25, 0.3) is 5.91 Å². The van der Waals surface area contributed by atoms with Gasteiger partial charge in [0, 0.05) is 35.2 Å². The van der Waals surface area contributed by atoms with Crippen LogP contribution in [0.5, 0.6) is 0 Å². The molecule has 1 unspecified atom stereocenters. The first-order chi connectivity index (χ1) is 12.0. The highest BCUT2D eigenvalue weighted by Crippen LogP contribution is 2.24. The minimum Gasteiger partial charge on any atom is -0.351 e. The lowest BCUT2D eigenvalue weighted by molar-refractivity contribution is -0.124. The zero-order chi connectivity index (χ0) is 17.8. The van der Waals surface area contributed by atoms with Gasteiger partial charge in [0.05, 0.1) is 0 Å². The van der Waals surface area contributed by atoms with E-state index in [4.69, 9.17) is 23.2 Å². The molecule has 2 aliphatic heterocycles. The third-order valence-electron chi connectivity index (χ3n) is 4.57. The number of nitrogens with zero attached hydrogens (tertiary/aromatic N) is 1. The summed E-state index contributed by atoms with van der Waals surface area (Å²) in [5, 5.41) is 7.04. The lowest BCUT2D eigenvalue weighted by atomic mass is 10.1. The molecule has 1 aromatic rings. The van der Waals surface area contributed by atoms with Crippen LogP contribution in [0.25, 0.3) is 0 Å². The maximum absolute atomic E-state index is 12.8. The molecule has 1 atom stereocenters. The number of hydrogen-bond acceptors (Lipinski definition) is 3. The van der Waals surface area contributed by atoms with Gasteiger partial charge in [0.2, 0.25) is 5.91 Å². The largest absolute Gasteiger partial charge is 0.351 e. The lowest BCUT2D eigenvalue weighted by Crippen LogP contribution is -2.46. The van der Waals surface area contributed by atoms with Crippen molar-refractivity contribution in [2.24, 2.45) is 0 Å². The molecule has 0 saturated carbocycles. The molecule has 142 valence electrons. The minimum atomic E-state index is -0.437. The van der Waals surface area contributed by atoms with E-state index in [-0.39, 0.29) is 24.2 Å². The maximum Gasteiger partial charge on any atom is 0.254 e. The number of carbonyl (C=O) groups is 2. The van der Waals surface area contributed by atoms with Crippen LogP contribution in [-0.2, 0) is 4.79 Å². The summed E-state index contributed by atoms with van der Waals surface area (Å²) in [5.74, 6) is -0.304. The first-order valence-electron chi connectivity index (χ1n) is 8.48. The van der Waals surface area contributed by atoms with Crippen LogP contribution >= 0.6 is 35.6 Å². The third-order valence-corrected chi connectivity index (χ3v) is 5.01. The highest BCUT2D eigenvalue weighted by molar-refractivity contribution is 6.35. The van der Waals surface area contributed by atoms with Crippen molar-refractivity contribution in [1.82, 2.24) is 15.5 Å². The van der Waals surface area contributed by atoms with Crippen molar-refractivity contribution < 1.29 is 9.59 Å². The van der Waals surface area contributed by atoms with Crippen molar-refractivity contribution >= 4 is 47.4 Å².